The maximum atomic E-state index is 13.4. The lowest BCUT2D eigenvalue weighted by Crippen LogP contribution is -2.26. The van der Waals surface area contributed by atoms with Crippen molar-refractivity contribution in [1.82, 2.24) is 10.6 Å². The van der Waals surface area contributed by atoms with Crippen molar-refractivity contribution in [3.05, 3.63) is 29.3 Å². The van der Waals surface area contributed by atoms with Gasteiger partial charge in [-0.05, 0) is 37.5 Å². The lowest BCUT2D eigenvalue weighted by Gasteiger charge is -2.14. The average molecular weight is 924 g/mol. The Labute approximate surface area is 412 Å². The molecule has 5 heteroatoms. The first-order valence-electron chi connectivity index (χ1n) is 30.0. The highest BCUT2D eigenvalue weighted by molar-refractivity contribution is 6.00. The summed E-state index contributed by atoms with van der Waals surface area (Å²) in [6.45, 7) is 8.78. The quantitative estimate of drug-likeness (QED) is 0.0640. The summed E-state index contributed by atoms with van der Waals surface area (Å²) in [7, 11) is 0. The number of amides is 2. The monoisotopic (exact) mass is 923 g/mol. The SMILES string of the molecule is CCCCCCCCCCCCCCCCCCCCCCNC(=O)c1ccc(C(=O)NCCCCCCCCCCCCCCCCCCCCCC)c(OCCCCCCCCC)c1. The molecule has 0 saturated heterocycles. The number of hydrogen-bond acceptors (Lipinski definition) is 3. The Hall–Kier alpha value is -2.04. The van der Waals surface area contributed by atoms with Gasteiger partial charge in [-0.2, -0.15) is 0 Å². The zero-order chi connectivity index (χ0) is 47.5. The van der Waals surface area contributed by atoms with Gasteiger partial charge in [-0.25, -0.2) is 0 Å². The van der Waals surface area contributed by atoms with Gasteiger partial charge in [0.2, 0.25) is 0 Å². The van der Waals surface area contributed by atoms with Crippen LogP contribution < -0.4 is 15.4 Å². The topological polar surface area (TPSA) is 67.4 Å². The molecule has 0 bridgehead atoms. The number of rotatable bonds is 53. The standard InChI is InChI=1S/C61H114N2O3/c1-4-7-10-13-16-18-20-22-24-26-28-30-32-34-36-38-40-42-45-48-53-62-60(64)57-51-52-58(59(56-57)66-55-50-47-44-15-12-9-6-3)61(65)63-54-49-46-43-41-39-37-35-33-31-29-27-25-23-21-19-17-14-11-8-5-2/h51-52,56H,4-50,53-55H2,1-3H3,(H,62,64)(H,63,65). The van der Waals surface area contributed by atoms with Crippen molar-refractivity contribution in [1.29, 1.82) is 0 Å². The van der Waals surface area contributed by atoms with Crippen molar-refractivity contribution in [2.24, 2.45) is 0 Å². The molecule has 0 aliphatic carbocycles. The molecule has 1 aromatic rings. The van der Waals surface area contributed by atoms with Crippen LogP contribution in [0.1, 0.15) is 343 Å². The van der Waals surface area contributed by atoms with Crippen LogP contribution in [0.15, 0.2) is 18.2 Å². The first-order chi connectivity index (χ1) is 32.6. The van der Waals surface area contributed by atoms with Gasteiger partial charge < -0.3 is 15.4 Å². The minimum atomic E-state index is -0.0985. The van der Waals surface area contributed by atoms with E-state index >= 15 is 0 Å². The van der Waals surface area contributed by atoms with Crippen LogP contribution in [0.4, 0.5) is 0 Å². The summed E-state index contributed by atoms with van der Waals surface area (Å²) in [5, 5.41) is 6.28. The van der Waals surface area contributed by atoms with E-state index in [1.807, 2.05) is 0 Å². The summed E-state index contributed by atoms with van der Waals surface area (Å²) < 4.78 is 6.24. The highest BCUT2D eigenvalue weighted by Gasteiger charge is 2.16. The summed E-state index contributed by atoms with van der Waals surface area (Å²) in [5.74, 6) is 0.358. The molecule has 0 aromatic heterocycles. The van der Waals surface area contributed by atoms with Gasteiger partial charge in [-0.15, -0.1) is 0 Å². The van der Waals surface area contributed by atoms with Crippen LogP contribution in [0.25, 0.3) is 0 Å². The van der Waals surface area contributed by atoms with Crippen LogP contribution in [-0.4, -0.2) is 31.5 Å². The molecular weight excluding hydrogens is 809 g/mol. The fourth-order valence-electron chi connectivity index (χ4n) is 9.57. The first-order valence-corrected chi connectivity index (χ1v) is 30.0. The van der Waals surface area contributed by atoms with Crippen molar-refractivity contribution >= 4 is 11.8 Å². The molecule has 0 unspecified atom stereocenters. The van der Waals surface area contributed by atoms with E-state index in [9.17, 15) is 9.59 Å². The van der Waals surface area contributed by atoms with Crippen molar-refractivity contribution in [2.45, 2.75) is 323 Å². The van der Waals surface area contributed by atoms with E-state index in [1.165, 1.54) is 263 Å². The van der Waals surface area contributed by atoms with Crippen molar-refractivity contribution < 1.29 is 14.3 Å². The molecule has 0 aliphatic rings. The normalized spacial score (nSPS) is 11.4. The van der Waals surface area contributed by atoms with Gasteiger partial charge in [-0.3, -0.25) is 9.59 Å². The van der Waals surface area contributed by atoms with E-state index in [0.29, 0.717) is 36.6 Å². The van der Waals surface area contributed by atoms with Gasteiger partial charge in [-0.1, -0.05) is 303 Å². The number of hydrogen-bond donors (Lipinski definition) is 2. The second-order valence-corrected chi connectivity index (χ2v) is 20.6. The van der Waals surface area contributed by atoms with Crippen LogP contribution in [0.3, 0.4) is 0 Å². The molecule has 0 fully saturated rings. The van der Waals surface area contributed by atoms with Gasteiger partial charge >= 0.3 is 0 Å². The maximum Gasteiger partial charge on any atom is 0.255 e. The van der Waals surface area contributed by atoms with Crippen LogP contribution in [0.5, 0.6) is 5.75 Å². The zero-order valence-electron chi connectivity index (χ0n) is 44.8. The summed E-state index contributed by atoms with van der Waals surface area (Å²) in [6.07, 6.45) is 63.1. The van der Waals surface area contributed by atoms with Gasteiger partial charge in [0.05, 0.1) is 12.2 Å². The van der Waals surface area contributed by atoms with Gasteiger partial charge in [0, 0.05) is 18.7 Å². The average Bonchev–Trinajstić information content (AvgIpc) is 3.33. The third-order valence-corrected chi connectivity index (χ3v) is 14.1. The van der Waals surface area contributed by atoms with Crippen molar-refractivity contribution in [3.8, 4) is 5.75 Å². The fraction of sp³-hybridized carbons (Fsp3) is 0.869. The highest BCUT2D eigenvalue weighted by atomic mass is 16.5. The lowest BCUT2D eigenvalue weighted by atomic mass is 10.0. The molecule has 0 heterocycles. The number of carbonyl (C=O) groups is 2. The molecule has 0 radical (unpaired) electrons. The van der Waals surface area contributed by atoms with Crippen molar-refractivity contribution in [3.63, 3.8) is 0 Å². The number of carbonyl (C=O) groups excluding carboxylic acids is 2. The number of ether oxygens (including phenoxy) is 1. The second-order valence-electron chi connectivity index (χ2n) is 20.6. The third kappa shape index (κ3) is 41.0. The summed E-state index contributed by atoms with van der Waals surface area (Å²) >= 11 is 0. The third-order valence-electron chi connectivity index (χ3n) is 14.1. The second kappa shape index (κ2) is 50.8. The Morgan fingerprint density at radius 2 is 0.591 bits per heavy atom. The molecule has 1 aromatic carbocycles. The van der Waals surface area contributed by atoms with Crippen LogP contribution >= 0.6 is 0 Å². The molecule has 2 N–H and O–H groups in total. The van der Waals surface area contributed by atoms with Crippen LogP contribution in [0, 0.1) is 0 Å². The predicted molar refractivity (Wildman–Crippen MR) is 291 cm³/mol. The Balaban J connectivity index is 2.22. The van der Waals surface area contributed by atoms with Crippen LogP contribution in [-0.2, 0) is 0 Å². The number of benzene rings is 1. The molecule has 0 atom stereocenters. The molecule has 0 aliphatic heterocycles. The molecule has 2 amide bonds. The zero-order valence-corrected chi connectivity index (χ0v) is 44.8. The molecule has 1 rings (SSSR count). The Morgan fingerprint density at radius 3 is 0.894 bits per heavy atom. The Bertz CT molecular complexity index is 1170. The minimum absolute atomic E-state index is 0.0788. The Morgan fingerprint density at radius 1 is 0.333 bits per heavy atom. The van der Waals surface area contributed by atoms with E-state index < -0.39 is 0 Å². The maximum absolute atomic E-state index is 13.4. The number of unbranched alkanes of at least 4 members (excludes halogenated alkanes) is 44. The Kier molecular flexibility index (Phi) is 47.7. The minimum Gasteiger partial charge on any atom is -0.493 e. The molecule has 0 saturated carbocycles. The first kappa shape index (κ1) is 62.0. The predicted octanol–water partition coefficient (Wildman–Crippen LogP) is 19.9. The highest BCUT2D eigenvalue weighted by Crippen LogP contribution is 2.23. The van der Waals surface area contributed by atoms with Crippen LogP contribution in [0.2, 0.25) is 0 Å². The van der Waals surface area contributed by atoms with E-state index in [-0.39, 0.29) is 11.8 Å². The van der Waals surface area contributed by atoms with E-state index in [0.717, 1.165) is 38.5 Å². The van der Waals surface area contributed by atoms with Gasteiger partial charge in [0.25, 0.3) is 11.8 Å². The smallest absolute Gasteiger partial charge is 0.255 e. The summed E-state index contributed by atoms with van der Waals surface area (Å²) in [6, 6.07) is 5.38. The van der Waals surface area contributed by atoms with Gasteiger partial charge in [0.15, 0.2) is 0 Å². The summed E-state index contributed by atoms with van der Waals surface area (Å²) in [5.41, 5.74) is 1.11. The van der Waals surface area contributed by atoms with Crippen molar-refractivity contribution in [2.75, 3.05) is 19.7 Å². The number of nitrogens with one attached hydrogen (secondary N) is 2. The van der Waals surface area contributed by atoms with E-state index in [4.69, 9.17) is 4.74 Å². The lowest BCUT2D eigenvalue weighted by molar-refractivity contribution is 0.0937. The van der Waals surface area contributed by atoms with E-state index in [2.05, 4.69) is 31.4 Å². The molecule has 66 heavy (non-hydrogen) atoms. The van der Waals surface area contributed by atoms with E-state index in [1.54, 1.807) is 18.2 Å². The summed E-state index contributed by atoms with van der Waals surface area (Å²) in [4.78, 5) is 26.6. The molecule has 5 nitrogen and oxygen atoms in total. The largest absolute Gasteiger partial charge is 0.493 e. The molecule has 386 valence electrons. The fourth-order valence-corrected chi connectivity index (χ4v) is 9.57. The molecular formula is C61H114N2O3. The molecule has 0 spiro atoms. The van der Waals surface area contributed by atoms with Gasteiger partial charge in [0.1, 0.15) is 5.75 Å².